The summed E-state index contributed by atoms with van der Waals surface area (Å²) in [6.45, 7) is 6.32. The summed E-state index contributed by atoms with van der Waals surface area (Å²) in [6, 6.07) is 0. The Bertz CT molecular complexity index is 536. The molecule has 0 atom stereocenters. The van der Waals surface area contributed by atoms with Crippen molar-refractivity contribution >= 4 is 33.9 Å². The van der Waals surface area contributed by atoms with E-state index in [2.05, 4.69) is 22.0 Å². The summed E-state index contributed by atoms with van der Waals surface area (Å²) in [4.78, 5) is 31.4. The number of nitrogens with zero attached hydrogens (tertiary/aromatic N) is 2. The number of Topliss-reactive ketones (excluding diaryl/α,β-unsaturated/α-hetero) is 1. The first-order valence-electron chi connectivity index (χ1n) is 5.27. The minimum Gasteiger partial charge on any atom is -0.387 e. The van der Waals surface area contributed by atoms with Gasteiger partial charge in [-0.2, -0.15) is 0 Å². The maximum atomic E-state index is 11.9. The Morgan fingerprint density at radius 1 is 1.58 bits per heavy atom. The van der Waals surface area contributed by atoms with Crippen LogP contribution in [0.3, 0.4) is 0 Å². The molecule has 8 heteroatoms. The van der Waals surface area contributed by atoms with Crippen molar-refractivity contribution in [2.75, 3.05) is 12.3 Å². The van der Waals surface area contributed by atoms with Crippen LogP contribution in [0.25, 0.3) is 0 Å². The highest BCUT2D eigenvalue weighted by molar-refractivity contribution is 7.13. The Balaban J connectivity index is 2.93. The Hall–Kier alpha value is -2.22. The second-order valence-corrected chi connectivity index (χ2v) is 4.61. The molecule has 0 aliphatic heterocycles. The molecule has 0 spiro atoms. The van der Waals surface area contributed by atoms with Crippen LogP contribution in [0.15, 0.2) is 22.8 Å². The monoisotopic (exact) mass is 282 g/mol. The summed E-state index contributed by atoms with van der Waals surface area (Å²) < 4.78 is 0. The topological polar surface area (TPSA) is 107 Å². The third-order valence-corrected chi connectivity index (χ3v) is 2.40. The van der Waals surface area contributed by atoms with Crippen LogP contribution >= 0.6 is 11.3 Å². The highest BCUT2D eigenvalue weighted by Gasteiger charge is 2.18. The van der Waals surface area contributed by atoms with Crippen LogP contribution in [0.4, 0.5) is 5.13 Å². The SMILES string of the molecule is C=C(C)NC(=O)/C(=N\OCC(C)=O)c1csc(N)n1. The maximum absolute atomic E-state index is 11.9. The van der Waals surface area contributed by atoms with Gasteiger partial charge < -0.3 is 15.9 Å². The molecule has 0 saturated heterocycles. The van der Waals surface area contributed by atoms with Crippen molar-refractivity contribution in [1.82, 2.24) is 10.3 Å². The zero-order valence-electron chi connectivity index (χ0n) is 10.6. The first-order chi connectivity index (χ1) is 8.90. The van der Waals surface area contributed by atoms with Gasteiger partial charge in [0, 0.05) is 11.1 Å². The zero-order valence-corrected chi connectivity index (χ0v) is 11.4. The Labute approximate surface area is 114 Å². The number of hydrogen-bond donors (Lipinski definition) is 2. The van der Waals surface area contributed by atoms with Crippen molar-refractivity contribution in [3.63, 3.8) is 0 Å². The number of amides is 1. The van der Waals surface area contributed by atoms with E-state index < -0.39 is 5.91 Å². The van der Waals surface area contributed by atoms with Crippen LogP contribution < -0.4 is 11.1 Å². The molecule has 1 aromatic heterocycles. The molecule has 0 aromatic carbocycles. The number of nitrogens with one attached hydrogen (secondary N) is 1. The lowest BCUT2D eigenvalue weighted by Crippen LogP contribution is -2.30. The fourth-order valence-electron chi connectivity index (χ4n) is 1.04. The lowest BCUT2D eigenvalue weighted by Gasteiger charge is -2.05. The first-order valence-corrected chi connectivity index (χ1v) is 6.15. The van der Waals surface area contributed by atoms with Gasteiger partial charge in [-0.25, -0.2) is 4.98 Å². The highest BCUT2D eigenvalue weighted by Crippen LogP contribution is 2.12. The lowest BCUT2D eigenvalue weighted by molar-refractivity contribution is -0.121. The van der Waals surface area contributed by atoms with E-state index in [0.29, 0.717) is 10.8 Å². The predicted molar refractivity (Wildman–Crippen MR) is 72.7 cm³/mol. The molecule has 1 amide bonds. The lowest BCUT2D eigenvalue weighted by atomic mass is 10.3. The molecule has 19 heavy (non-hydrogen) atoms. The van der Waals surface area contributed by atoms with Crippen molar-refractivity contribution in [3.05, 3.63) is 23.3 Å². The van der Waals surface area contributed by atoms with Crippen molar-refractivity contribution < 1.29 is 14.4 Å². The number of hydrogen-bond acceptors (Lipinski definition) is 7. The van der Waals surface area contributed by atoms with Gasteiger partial charge in [0.25, 0.3) is 5.91 Å². The fraction of sp³-hybridized carbons (Fsp3) is 0.273. The molecule has 0 radical (unpaired) electrons. The van der Waals surface area contributed by atoms with E-state index in [9.17, 15) is 9.59 Å². The molecule has 0 aliphatic carbocycles. The molecule has 7 nitrogen and oxygen atoms in total. The minimum atomic E-state index is -0.527. The summed E-state index contributed by atoms with van der Waals surface area (Å²) in [5.41, 5.74) is 6.18. The first kappa shape index (κ1) is 14.8. The van der Waals surface area contributed by atoms with Crippen molar-refractivity contribution in [1.29, 1.82) is 0 Å². The van der Waals surface area contributed by atoms with Crippen molar-refractivity contribution in [3.8, 4) is 0 Å². The van der Waals surface area contributed by atoms with E-state index in [-0.39, 0.29) is 23.8 Å². The van der Waals surface area contributed by atoms with Crippen LogP contribution in [-0.2, 0) is 14.4 Å². The van der Waals surface area contributed by atoms with E-state index in [1.54, 1.807) is 12.3 Å². The Morgan fingerprint density at radius 2 is 2.26 bits per heavy atom. The maximum Gasteiger partial charge on any atom is 0.279 e. The van der Waals surface area contributed by atoms with Gasteiger partial charge in [-0.05, 0) is 13.8 Å². The summed E-state index contributed by atoms with van der Waals surface area (Å²) in [7, 11) is 0. The molecule has 102 valence electrons. The normalized spacial score (nSPS) is 10.9. The van der Waals surface area contributed by atoms with Crippen LogP contribution in [0.5, 0.6) is 0 Å². The number of rotatable bonds is 6. The third-order valence-electron chi connectivity index (χ3n) is 1.73. The number of nitrogen functional groups attached to an aromatic ring is 1. The van der Waals surface area contributed by atoms with Gasteiger partial charge in [-0.3, -0.25) is 9.59 Å². The second-order valence-electron chi connectivity index (χ2n) is 3.72. The summed E-state index contributed by atoms with van der Waals surface area (Å²) >= 11 is 1.17. The fourth-order valence-corrected chi connectivity index (χ4v) is 1.59. The molecule has 1 aromatic rings. The van der Waals surface area contributed by atoms with Crippen molar-refractivity contribution in [2.45, 2.75) is 13.8 Å². The summed E-state index contributed by atoms with van der Waals surface area (Å²) in [6.07, 6.45) is 0. The Kier molecular flexibility index (Phi) is 5.19. The van der Waals surface area contributed by atoms with Gasteiger partial charge in [0.2, 0.25) is 0 Å². The van der Waals surface area contributed by atoms with Gasteiger partial charge in [0.05, 0.1) is 0 Å². The van der Waals surface area contributed by atoms with Crippen molar-refractivity contribution in [2.24, 2.45) is 5.16 Å². The van der Waals surface area contributed by atoms with Gasteiger partial charge in [-0.15, -0.1) is 11.3 Å². The van der Waals surface area contributed by atoms with E-state index in [0.717, 1.165) is 0 Å². The minimum absolute atomic E-state index is 0.0581. The van der Waals surface area contributed by atoms with E-state index in [4.69, 9.17) is 10.6 Å². The molecule has 0 bridgehead atoms. The number of ketones is 1. The van der Waals surface area contributed by atoms with Gasteiger partial charge in [0.1, 0.15) is 5.69 Å². The molecule has 1 heterocycles. The average molecular weight is 282 g/mol. The standard InChI is InChI=1S/C11H14N4O3S/c1-6(2)13-10(17)9(15-18-4-7(3)16)8-5-19-11(12)14-8/h5H,1,4H2,2-3H3,(H2,12,14)(H,13,17)/b15-9-. The molecule has 3 N–H and O–H groups in total. The molecule has 1 rings (SSSR count). The predicted octanol–water partition coefficient (Wildman–Crippen LogP) is 0.685. The zero-order chi connectivity index (χ0) is 14.4. The number of aromatic nitrogens is 1. The van der Waals surface area contributed by atoms with E-state index in [1.807, 2.05) is 0 Å². The quantitative estimate of drug-likeness (QED) is 0.589. The number of carbonyl (C=O) groups excluding carboxylic acids is 2. The van der Waals surface area contributed by atoms with Crippen LogP contribution in [0.2, 0.25) is 0 Å². The number of carbonyl (C=O) groups is 2. The molecule has 0 saturated carbocycles. The van der Waals surface area contributed by atoms with Gasteiger partial charge in [0.15, 0.2) is 23.2 Å². The Morgan fingerprint density at radius 3 is 2.74 bits per heavy atom. The summed E-state index contributed by atoms with van der Waals surface area (Å²) in [5.74, 6) is -0.734. The average Bonchev–Trinajstić information content (AvgIpc) is 2.69. The summed E-state index contributed by atoms with van der Waals surface area (Å²) in [5, 5.41) is 7.99. The molecule has 0 fully saturated rings. The number of allylic oxidation sites excluding steroid dienone is 1. The smallest absolute Gasteiger partial charge is 0.279 e. The largest absolute Gasteiger partial charge is 0.387 e. The number of nitrogens with two attached hydrogens (primary N) is 1. The molecule has 0 unspecified atom stereocenters. The second kappa shape index (κ2) is 6.64. The van der Waals surface area contributed by atoms with E-state index in [1.165, 1.54) is 18.3 Å². The molecule has 0 aliphatic rings. The third kappa shape index (κ3) is 4.88. The van der Waals surface area contributed by atoms with E-state index >= 15 is 0 Å². The molecular weight excluding hydrogens is 268 g/mol. The van der Waals surface area contributed by atoms with Crippen LogP contribution in [-0.4, -0.2) is 29.0 Å². The molecular formula is C11H14N4O3S. The number of thiazole rings is 1. The number of anilines is 1. The van der Waals surface area contributed by atoms with Crippen LogP contribution in [0.1, 0.15) is 19.5 Å². The van der Waals surface area contributed by atoms with Crippen LogP contribution in [0, 0.1) is 0 Å². The number of oxime groups is 1. The van der Waals surface area contributed by atoms with Gasteiger partial charge >= 0.3 is 0 Å². The highest BCUT2D eigenvalue weighted by atomic mass is 32.1. The van der Waals surface area contributed by atoms with Gasteiger partial charge in [-0.1, -0.05) is 11.7 Å².